The Morgan fingerprint density at radius 2 is 2.07 bits per heavy atom. The molecule has 1 N–H and O–H groups in total. The Hall–Kier alpha value is -2.45. The van der Waals surface area contributed by atoms with E-state index in [0.717, 1.165) is 0 Å². The molecular weight excluding hydrogens is 376 g/mol. The first-order chi connectivity index (χ1) is 13.1. The molecule has 1 aromatic carbocycles. The minimum atomic E-state index is -1.80. The highest BCUT2D eigenvalue weighted by Crippen LogP contribution is 2.29. The van der Waals surface area contributed by atoms with Gasteiger partial charge < -0.3 is 9.16 Å². The number of β-lactam (4-membered cyclic amide) rings is 1. The Morgan fingerprint density at radius 1 is 1.36 bits per heavy atom. The summed E-state index contributed by atoms with van der Waals surface area (Å²) in [6.07, 6.45) is 0.704. The molecule has 0 aliphatic carbocycles. The van der Waals surface area contributed by atoms with Crippen LogP contribution in [0.2, 0.25) is 19.6 Å². The van der Waals surface area contributed by atoms with E-state index in [1.165, 1.54) is 6.08 Å². The molecular formula is C20H27N2O5Si. The van der Waals surface area contributed by atoms with Crippen molar-refractivity contribution in [1.82, 2.24) is 5.32 Å². The normalized spacial score (nSPS) is 19.8. The zero-order valence-electron chi connectivity index (χ0n) is 16.7. The van der Waals surface area contributed by atoms with Gasteiger partial charge in [0.25, 0.3) is 0 Å². The van der Waals surface area contributed by atoms with Crippen molar-refractivity contribution in [3.8, 4) is 0 Å². The van der Waals surface area contributed by atoms with Crippen LogP contribution in [-0.2, 0) is 14.0 Å². The highest BCUT2D eigenvalue weighted by Gasteiger charge is 2.47. The van der Waals surface area contributed by atoms with Gasteiger partial charge in [0.1, 0.15) is 6.61 Å². The van der Waals surface area contributed by atoms with Gasteiger partial charge in [-0.15, -0.1) is 0 Å². The van der Waals surface area contributed by atoms with Crippen molar-refractivity contribution in [3.05, 3.63) is 42.5 Å². The lowest BCUT2D eigenvalue weighted by Crippen LogP contribution is -2.59. The fourth-order valence-corrected chi connectivity index (χ4v) is 4.36. The standard InChI is InChI=1S/C20H27N2O5Si/c1-6-10-26-20(25)21-15-9-7-8-14(11-15)17(23)12-16-18(19(24)22-16)13(2)27-28(3,4)5/h6-9,11,13,16,18H,1,10,12H2,2-5H3,(H,21,25)/t13-,16-,18-/m1/s1. The van der Waals surface area contributed by atoms with Crippen molar-refractivity contribution in [2.45, 2.75) is 45.1 Å². The first-order valence-corrected chi connectivity index (χ1v) is 12.6. The van der Waals surface area contributed by atoms with Crippen LogP contribution in [0.15, 0.2) is 36.9 Å². The second-order valence-corrected chi connectivity index (χ2v) is 12.2. The minimum Gasteiger partial charge on any atom is -0.445 e. The number of amides is 2. The van der Waals surface area contributed by atoms with Gasteiger partial charge in [-0.25, -0.2) is 10.1 Å². The Morgan fingerprint density at radius 3 is 2.68 bits per heavy atom. The van der Waals surface area contributed by atoms with E-state index in [1.807, 2.05) is 6.92 Å². The number of ether oxygens (including phenoxy) is 1. The van der Waals surface area contributed by atoms with Crippen molar-refractivity contribution < 1.29 is 23.5 Å². The van der Waals surface area contributed by atoms with Gasteiger partial charge in [-0.05, 0) is 38.7 Å². The molecule has 7 nitrogen and oxygen atoms in total. The SMILES string of the molecule is C=CCOC(=O)Nc1cccc(C(=O)C[C@H]2[N]C(=O)[C@@H]2[C@@H](C)O[Si](C)(C)C)c1. The van der Waals surface area contributed by atoms with Crippen LogP contribution in [0.3, 0.4) is 0 Å². The van der Waals surface area contributed by atoms with E-state index in [9.17, 15) is 14.4 Å². The van der Waals surface area contributed by atoms with Crippen LogP contribution in [0.25, 0.3) is 0 Å². The molecule has 1 saturated heterocycles. The van der Waals surface area contributed by atoms with E-state index in [2.05, 4.69) is 36.9 Å². The first kappa shape index (κ1) is 21.8. The van der Waals surface area contributed by atoms with Crippen molar-refractivity contribution in [1.29, 1.82) is 0 Å². The number of carbonyl (C=O) groups is 3. The maximum absolute atomic E-state index is 12.7. The lowest BCUT2D eigenvalue weighted by atomic mass is 9.82. The third kappa shape index (κ3) is 6.03. The fourth-order valence-electron chi connectivity index (χ4n) is 3.10. The summed E-state index contributed by atoms with van der Waals surface area (Å²) in [5.41, 5.74) is 0.891. The van der Waals surface area contributed by atoms with Crippen LogP contribution in [0.5, 0.6) is 0 Å². The average Bonchev–Trinajstić information content (AvgIpc) is 2.57. The minimum absolute atomic E-state index is 0.0980. The van der Waals surface area contributed by atoms with E-state index in [-0.39, 0.29) is 42.8 Å². The Labute approximate surface area is 166 Å². The quantitative estimate of drug-likeness (QED) is 0.295. The predicted molar refractivity (Wildman–Crippen MR) is 109 cm³/mol. The summed E-state index contributed by atoms with van der Waals surface area (Å²) >= 11 is 0. The Bertz CT molecular complexity index is 759. The largest absolute Gasteiger partial charge is 0.445 e. The Kier molecular flexibility index (Phi) is 7.15. The predicted octanol–water partition coefficient (Wildman–Crippen LogP) is 3.36. The van der Waals surface area contributed by atoms with Crippen LogP contribution < -0.4 is 10.6 Å². The number of hydrogen-bond donors (Lipinski definition) is 1. The van der Waals surface area contributed by atoms with Gasteiger partial charge in [0.2, 0.25) is 5.91 Å². The number of nitrogens with one attached hydrogen (secondary N) is 1. The molecule has 0 unspecified atom stereocenters. The topological polar surface area (TPSA) is 95.8 Å². The molecule has 8 heteroatoms. The molecule has 1 aromatic rings. The highest BCUT2D eigenvalue weighted by molar-refractivity contribution is 6.69. The van der Waals surface area contributed by atoms with E-state index < -0.39 is 14.4 Å². The molecule has 1 heterocycles. The molecule has 151 valence electrons. The summed E-state index contributed by atoms with van der Waals surface area (Å²) in [6.45, 7) is 11.6. The number of carbonyl (C=O) groups excluding carboxylic acids is 3. The van der Waals surface area contributed by atoms with Gasteiger partial charge in [0.15, 0.2) is 14.1 Å². The van der Waals surface area contributed by atoms with E-state index >= 15 is 0 Å². The van der Waals surface area contributed by atoms with E-state index in [4.69, 9.17) is 9.16 Å². The number of Topliss-reactive ketones (excluding diaryl/α,β-unsaturated/α-hetero) is 1. The number of rotatable bonds is 9. The van der Waals surface area contributed by atoms with Gasteiger partial charge in [0.05, 0.1) is 18.1 Å². The number of ketones is 1. The summed E-state index contributed by atoms with van der Waals surface area (Å²) in [5.74, 6) is -0.732. The Balaban J connectivity index is 1.99. The van der Waals surface area contributed by atoms with Crippen molar-refractivity contribution in [3.63, 3.8) is 0 Å². The average molecular weight is 404 g/mol. The van der Waals surface area contributed by atoms with Crippen LogP contribution in [0, 0.1) is 5.92 Å². The van der Waals surface area contributed by atoms with Crippen LogP contribution in [-0.4, -0.2) is 44.9 Å². The van der Waals surface area contributed by atoms with Crippen molar-refractivity contribution in [2.24, 2.45) is 5.92 Å². The molecule has 0 saturated carbocycles. The number of benzene rings is 1. The number of hydrogen-bond acceptors (Lipinski definition) is 5. The lowest BCUT2D eigenvalue weighted by Gasteiger charge is -2.39. The van der Waals surface area contributed by atoms with Crippen molar-refractivity contribution >= 4 is 31.8 Å². The summed E-state index contributed by atoms with van der Waals surface area (Å²) in [7, 11) is -1.80. The van der Waals surface area contributed by atoms with Crippen LogP contribution in [0.1, 0.15) is 23.7 Å². The van der Waals surface area contributed by atoms with Gasteiger partial charge in [-0.1, -0.05) is 24.8 Å². The second-order valence-electron chi connectivity index (χ2n) is 7.72. The highest BCUT2D eigenvalue weighted by atomic mass is 28.4. The van der Waals surface area contributed by atoms with Gasteiger partial charge in [-0.2, -0.15) is 0 Å². The molecule has 1 fully saturated rings. The third-order valence-corrected chi connectivity index (χ3v) is 5.27. The van der Waals surface area contributed by atoms with Gasteiger partial charge in [-0.3, -0.25) is 14.9 Å². The molecule has 1 aliphatic rings. The monoisotopic (exact) mass is 403 g/mol. The number of nitrogens with zero attached hydrogens (tertiary/aromatic N) is 1. The molecule has 0 spiro atoms. The maximum atomic E-state index is 12.7. The van der Waals surface area contributed by atoms with Gasteiger partial charge >= 0.3 is 6.09 Å². The molecule has 0 bridgehead atoms. The third-order valence-electron chi connectivity index (χ3n) is 4.20. The molecule has 3 atom stereocenters. The summed E-state index contributed by atoms with van der Waals surface area (Å²) in [5, 5.41) is 6.56. The molecule has 1 aliphatic heterocycles. The zero-order chi connectivity index (χ0) is 20.9. The van der Waals surface area contributed by atoms with E-state index in [0.29, 0.717) is 11.3 Å². The molecule has 2 rings (SSSR count). The molecule has 0 aromatic heterocycles. The fraction of sp³-hybridized carbons (Fsp3) is 0.450. The lowest BCUT2D eigenvalue weighted by molar-refractivity contribution is -0.140. The zero-order valence-corrected chi connectivity index (χ0v) is 17.7. The first-order valence-electron chi connectivity index (χ1n) is 9.21. The van der Waals surface area contributed by atoms with Crippen LogP contribution in [0.4, 0.5) is 10.5 Å². The number of anilines is 1. The second kappa shape index (κ2) is 9.16. The summed E-state index contributed by atoms with van der Waals surface area (Å²) in [6, 6.07) is 6.21. The molecule has 2 amide bonds. The smallest absolute Gasteiger partial charge is 0.411 e. The maximum Gasteiger partial charge on any atom is 0.411 e. The molecule has 28 heavy (non-hydrogen) atoms. The van der Waals surface area contributed by atoms with E-state index in [1.54, 1.807) is 24.3 Å². The molecule has 1 radical (unpaired) electrons. The van der Waals surface area contributed by atoms with Crippen molar-refractivity contribution in [2.75, 3.05) is 11.9 Å². The summed E-state index contributed by atoms with van der Waals surface area (Å²) < 4.78 is 10.9. The van der Waals surface area contributed by atoms with Crippen LogP contribution >= 0.6 is 0 Å². The summed E-state index contributed by atoms with van der Waals surface area (Å²) in [4.78, 5) is 36.2. The van der Waals surface area contributed by atoms with Gasteiger partial charge in [0, 0.05) is 17.7 Å².